The number of alkyl halides is 2. The van der Waals surface area contributed by atoms with Gasteiger partial charge in [0.15, 0.2) is 0 Å². The number of carbonyl (C=O) groups excluding carboxylic acids is 3. The SMILES string of the molecule is O=C1CCC(N2Cc3cccc(NCc4ccc(CN5CCC(F)(F)CC5)cc4)c3C2=O)C(=O)N1. The minimum Gasteiger partial charge on any atom is -0.380 e. The first kappa shape index (κ1) is 23.4. The fourth-order valence-electron chi connectivity index (χ4n) is 5.02. The number of likely N-dealkylation sites (tertiary alicyclic amines) is 1. The van der Waals surface area contributed by atoms with Gasteiger partial charge in [-0.1, -0.05) is 36.4 Å². The Bertz CT molecular complexity index is 1140. The summed E-state index contributed by atoms with van der Waals surface area (Å²) < 4.78 is 26.7. The van der Waals surface area contributed by atoms with Crippen LogP contribution >= 0.6 is 0 Å². The summed E-state index contributed by atoms with van der Waals surface area (Å²) >= 11 is 0. The molecule has 3 heterocycles. The van der Waals surface area contributed by atoms with Gasteiger partial charge in [-0.15, -0.1) is 0 Å². The average molecular weight is 483 g/mol. The summed E-state index contributed by atoms with van der Waals surface area (Å²) in [5.74, 6) is -3.47. The monoisotopic (exact) mass is 482 g/mol. The number of nitrogens with zero attached hydrogens (tertiary/aromatic N) is 2. The van der Waals surface area contributed by atoms with Crippen LogP contribution in [0.4, 0.5) is 14.5 Å². The molecule has 5 rings (SSSR count). The van der Waals surface area contributed by atoms with Crippen molar-refractivity contribution in [1.82, 2.24) is 15.1 Å². The predicted molar refractivity (Wildman–Crippen MR) is 126 cm³/mol. The summed E-state index contributed by atoms with van der Waals surface area (Å²) in [6.45, 7) is 2.31. The number of imide groups is 1. The molecule has 1 atom stereocenters. The highest BCUT2D eigenvalue weighted by Crippen LogP contribution is 2.33. The van der Waals surface area contributed by atoms with E-state index in [-0.39, 0.29) is 31.1 Å². The number of rotatable bonds is 6. The van der Waals surface area contributed by atoms with Crippen molar-refractivity contribution in [3.8, 4) is 0 Å². The molecule has 0 bridgehead atoms. The molecule has 184 valence electrons. The van der Waals surface area contributed by atoms with Crippen LogP contribution in [0.5, 0.6) is 0 Å². The Balaban J connectivity index is 1.20. The van der Waals surface area contributed by atoms with Crippen LogP contribution in [0.3, 0.4) is 0 Å². The van der Waals surface area contributed by atoms with Crippen molar-refractivity contribution in [2.75, 3.05) is 18.4 Å². The van der Waals surface area contributed by atoms with Gasteiger partial charge in [-0.05, 0) is 29.2 Å². The average Bonchev–Trinajstić information content (AvgIpc) is 3.17. The molecule has 3 aliphatic rings. The van der Waals surface area contributed by atoms with E-state index in [0.29, 0.717) is 50.4 Å². The summed E-state index contributed by atoms with van der Waals surface area (Å²) in [5, 5.41) is 5.67. The Kier molecular flexibility index (Phi) is 6.27. The molecule has 0 aromatic heterocycles. The molecule has 0 saturated carbocycles. The largest absolute Gasteiger partial charge is 0.380 e. The molecular formula is C26H28F2N4O3. The fourth-order valence-corrected chi connectivity index (χ4v) is 5.02. The van der Waals surface area contributed by atoms with Crippen molar-refractivity contribution in [2.24, 2.45) is 0 Å². The topological polar surface area (TPSA) is 81.8 Å². The second-order valence-electron chi connectivity index (χ2n) is 9.54. The zero-order valence-electron chi connectivity index (χ0n) is 19.4. The van der Waals surface area contributed by atoms with Crippen LogP contribution in [0.25, 0.3) is 0 Å². The molecule has 1 unspecified atom stereocenters. The van der Waals surface area contributed by atoms with Crippen LogP contribution < -0.4 is 10.6 Å². The molecule has 2 aromatic rings. The molecule has 0 spiro atoms. The van der Waals surface area contributed by atoms with Crippen molar-refractivity contribution in [2.45, 2.75) is 57.3 Å². The molecule has 9 heteroatoms. The van der Waals surface area contributed by atoms with Crippen LogP contribution in [0, 0.1) is 0 Å². The lowest BCUT2D eigenvalue weighted by Crippen LogP contribution is -2.52. The fraction of sp³-hybridized carbons (Fsp3) is 0.423. The third-order valence-electron chi connectivity index (χ3n) is 7.05. The molecule has 35 heavy (non-hydrogen) atoms. The van der Waals surface area contributed by atoms with Crippen molar-refractivity contribution >= 4 is 23.4 Å². The van der Waals surface area contributed by atoms with E-state index >= 15 is 0 Å². The summed E-state index contributed by atoms with van der Waals surface area (Å²) in [5.41, 5.74) is 4.24. The number of hydrogen-bond donors (Lipinski definition) is 2. The Morgan fingerprint density at radius 1 is 1.00 bits per heavy atom. The van der Waals surface area contributed by atoms with E-state index in [1.165, 1.54) is 0 Å². The number of anilines is 1. The van der Waals surface area contributed by atoms with E-state index in [1.807, 2.05) is 42.5 Å². The molecule has 2 aromatic carbocycles. The Morgan fingerprint density at radius 3 is 2.43 bits per heavy atom. The summed E-state index contributed by atoms with van der Waals surface area (Å²) in [7, 11) is 0. The number of fused-ring (bicyclic) bond motifs is 1. The van der Waals surface area contributed by atoms with Gasteiger partial charge in [-0.3, -0.25) is 24.6 Å². The van der Waals surface area contributed by atoms with E-state index in [1.54, 1.807) is 4.90 Å². The van der Waals surface area contributed by atoms with Crippen molar-refractivity contribution in [3.05, 3.63) is 64.7 Å². The maximum Gasteiger partial charge on any atom is 0.257 e. The third-order valence-corrected chi connectivity index (χ3v) is 7.05. The van der Waals surface area contributed by atoms with Gasteiger partial charge < -0.3 is 10.2 Å². The van der Waals surface area contributed by atoms with E-state index in [0.717, 1.165) is 16.7 Å². The van der Waals surface area contributed by atoms with Crippen LogP contribution in [-0.2, 0) is 29.2 Å². The first-order valence-corrected chi connectivity index (χ1v) is 12.0. The predicted octanol–water partition coefficient (Wildman–Crippen LogP) is 3.29. The minimum absolute atomic E-state index is 0.0872. The molecular weight excluding hydrogens is 454 g/mol. The zero-order valence-corrected chi connectivity index (χ0v) is 19.4. The van der Waals surface area contributed by atoms with Crippen molar-refractivity contribution in [3.63, 3.8) is 0 Å². The minimum atomic E-state index is -2.54. The Labute approximate surface area is 202 Å². The number of nitrogens with one attached hydrogen (secondary N) is 2. The number of piperidine rings is 2. The Morgan fingerprint density at radius 2 is 1.71 bits per heavy atom. The van der Waals surface area contributed by atoms with Crippen molar-refractivity contribution in [1.29, 1.82) is 0 Å². The maximum atomic E-state index is 13.4. The van der Waals surface area contributed by atoms with Gasteiger partial charge >= 0.3 is 0 Å². The first-order valence-electron chi connectivity index (χ1n) is 12.0. The smallest absolute Gasteiger partial charge is 0.257 e. The molecule has 2 N–H and O–H groups in total. The van der Waals surface area contributed by atoms with E-state index < -0.39 is 17.9 Å². The maximum absolute atomic E-state index is 13.4. The molecule has 2 saturated heterocycles. The molecule has 0 aliphatic carbocycles. The van der Waals surface area contributed by atoms with E-state index in [2.05, 4.69) is 15.5 Å². The number of amides is 3. The second-order valence-corrected chi connectivity index (χ2v) is 9.54. The van der Waals surface area contributed by atoms with Gasteiger partial charge in [0.25, 0.3) is 11.8 Å². The van der Waals surface area contributed by atoms with Crippen molar-refractivity contribution < 1.29 is 23.2 Å². The number of hydrogen-bond acceptors (Lipinski definition) is 5. The highest BCUT2D eigenvalue weighted by Gasteiger charge is 2.40. The zero-order chi connectivity index (χ0) is 24.6. The van der Waals surface area contributed by atoms with Gasteiger partial charge in [0, 0.05) is 57.7 Å². The van der Waals surface area contributed by atoms with E-state index in [9.17, 15) is 23.2 Å². The first-order chi connectivity index (χ1) is 16.8. The van der Waals surface area contributed by atoms with Gasteiger partial charge in [-0.25, -0.2) is 8.78 Å². The highest BCUT2D eigenvalue weighted by atomic mass is 19.3. The lowest BCUT2D eigenvalue weighted by Gasteiger charge is -2.31. The lowest BCUT2D eigenvalue weighted by molar-refractivity contribution is -0.136. The highest BCUT2D eigenvalue weighted by molar-refractivity contribution is 6.07. The normalized spacial score (nSPS) is 22.2. The third kappa shape index (κ3) is 5.05. The van der Waals surface area contributed by atoms with Gasteiger partial charge in [0.1, 0.15) is 6.04 Å². The van der Waals surface area contributed by atoms with Crippen LogP contribution in [0.2, 0.25) is 0 Å². The lowest BCUT2D eigenvalue weighted by atomic mass is 10.0. The second kappa shape index (κ2) is 9.37. The van der Waals surface area contributed by atoms with Crippen LogP contribution in [0.15, 0.2) is 42.5 Å². The number of benzene rings is 2. The quantitative estimate of drug-likeness (QED) is 0.618. The van der Waals surface area contributed by atoms with Gasteiger partial charge in [0.05, 0.1) is 5.56 Å². The molecule has 2 fully saturated rings. The molecule has 3 amide bonds. The van der Waals surface area contributed by atoms with Gasteiger partial charge in [0.2, 0.25) is 11.8 Å². The summed E-state index contributed by atoms with van der Waals surface area (Å²) in [4.78, 5) is 40.6. The van der Waals surface area contributed by atoms with Gasteiger partial charge in [-0.2, -0.15) is 0 Å². The summed E-state index contributed by atoms with van der Waals surface area (Å²) in [6, 6.07) is 13.0. The van der Waals surface area contributed by atoms with Crippen LogP contribution in [-0.4, -0.2) is 52.6 Å². The molecule has 3 aliphatic heterocycles. The summed E-state index contributed by atoms with van der Waals surface area (Å²) in [6.07, 6.45) is 0.382. The van der Waals surface area contributed by atoms with E-state index in [4.69, 9.17) is 0 Å². The number of carbonyl (C=O) groups is 3. The molecule has 0 radical (unpaired) electrons. The molecule has 7 nitrogen and oxygen atoms in total. The number of halogens is 2. The van der Waals surface area contributed by atoms with Crippen LogP contribution in [0.1, 0.15) is 52.7 Å². The standard InChI is InChI=1S/C26H28F2N4O3/c27-26(28)10-12-31(13-11-26)15-18-6-4-17(5-7-18)14-29-20-3-1-2-19-16-32(25(35)23(19)20)21-8-9-22(33)30-24(21)34/h1-7,21,29H,8-16H2,(H,30,33,34). The Hall–Kier alpha value is -3.33.